The van der Waals surface area contributed by atoms with Gasteiger partial charge in [0.1, 0.15) is 0 Å². The van der Waals surface area contributed by atoms with Crippen LogP contribution in [0.5, 0.6) is 0 Å². The van der Waals surface area contributed by atoms with Gasteiger partial charge in [-0.05, 0) is 50.1 Å². The predicted octanol–water partition coefficient (Wildman–Crippen LogP) is 4.11. The summed E-state index contributed by atoms with van der Waals surface area (Å²) in [4.78, 5) is 13.4. The summed E-state index contributed by atoms with van der Waals surface area (Å²) >= 11 is 0. The smallest absolute Gasteiger partial charge is 0.335 e. The number of carboxylic acids is 1. The van der Waals surface area contributed by atoms with Crippen LogP contribution in [0.3, 0.4) is 0 Å². The lowest BCUT2D eigenvalue weighted by atomic mass is 10.1. The Morgan fingerprint density at radius 1 is 1.14 bits per heavy atom. The van der Waals surface area contributed by atoms with Gasteiger partial charge < -0.3 is 10.0 Å². The minimum Gasteiger partial charge on any atom is -0.478 e. The molecule has 21 heavy (non-hydrogen) atoms. The molecule has 0 fully saturated rings. The Balaban J connectivity index is 2.31. The molecule has 2 rings (SSSR count). The third kappa shape index (κ3) is 3.63. The number of carboxylic acid groups (broad SMARTS) is 1. The molecule has 0 heterocycles. The van der Waals surface area contributed by atoms with Crippen LogP contribution in [0, 0.1) is 6.92 Å². The zero-order chi connectivity index (χ0) is 15.4. The summed E-state index contributed by atoms with van der Waals surface area (Å²) in [6.07, 6.45) is 0. The summed E-state index contributed by atoms with van der Waals surface area (Å²) in [5.41, 5.74) is 3.45. The number of carbonyl (C=O) groups is 1. The van der Waals surface area contributed by atoms with E-state index in [0.29, 0.717) is 11.6 Å². The molecule has 2 aromatic carbocycles. The van der Waals surface area contributed by atoms with E-state index in [-0.39, 0.29) is 0 Å². The first-order valence-electron chi connectivity index (χ1n) is 7.13. The molecule has 0 atom stereocenters. The molecule has 0 radical (unpaired) electrons. The van der Waals surface area contributed by atoms with Crippen molar-refractivity contribution in [2.75, 3.05) is 4.90 Å². The molecule has 3 nitrogen and oxygen atoms in total. The normalized spacial score (nSPS) is 10.7. The minimum absolute atomic E-state index is 0.334. The SMILES string of the molecule is Cc1cc(N(Cc2ccccc2)C(C)C)ccc1C(=O)O. The minimum atomic E-state index is -0.877. The molecule has 0 saturated carbocycles. The Labute approximate surface area is 125 Å². The molecule has 0 spiro atoms. The van der Waals surface area contributed by atoms with E-state index < -0.39 is 5.97 Å². The van der Waals surface area contributed by atoms with Crippen molar-refractivity contribution in [1.29, 1.82) is 0 Å². The van der Waals surface area contributed by atoms with Gasteiger partial charge in [0.25, 0.3) is 0 Å². The molecular weight excluding hydrogens is 262 g/mol. The predicted molar refractivity (Wildman–Crippen MR) is 85.9 cm³/mol. The highest BCUT2D eigenvalue weighted by Crippen LogP contribution is 2.23. The number of nitrogens with zero attached hydrogens (tertiary/aromatic N) is 1. The highest BCUT2D eigenvalue weighted by Gasteiger charge is 2.14. The van der Waals surface area contributed by atoms with Crippen molar-refractivity contribution in [3.8, 4) is 0 Å². The molecule has 0 bridgehead atoms. The van der Waals surface area contributed by atoms with Crippen molar-refractivity contribution in [1.82, 2.24) is 0 Å². The van der Waals surface area contributed by atoms with Gasteiger partial charge in [0, 0.05) is 18.3 Å². The number of anilines is 1. The number of rotatable bonds is 5. The van der Waals surface area contributed by atoms with Crippen LogP contribution in [-0.2, 0) is 6.54 Å². The lowest BCUT2D eigenvalue weighted by Crippen LogP contribution is -2.30. The van der Waals surface area contributed by atoms with Gasteiger partial charge in [-0.2, -0.15) is 0 Å². The molecule has 0 aliphatic rings. The average molecular weight is 283 g/mol. The highest BCUT2D eigenvalue weighted by molar-refractivity contribution is 5.89. The Hall–Kier alpha value is -2.29. The van der Waals surface area contributed by atoms with E-state index in [1.54, 1.807) is 6.07 Å². The lowest BCUT2D eigenvalue weighted by Gasteiger charge is -2.29. The van der Waals surface area contributed by atoms with Gasteiger partial charge in [-0.15, -0.1) is 0 Å². The van der Waals surface area contributed by atoms with Gasteiger partial charge in [0.2, 0.25) is 0 Å². The largest absolute Gasteiger partial charge is 0.478 e. The summed E-state index contributed by atoms with van der Waals surface area (Å²) in [6, 6.07) is 16.1. The maximum atomic E-state index is 11.1. The van der Waals surface area contributed by atoms with Crippen LogP contribution in [0.25, 0.3) is 0 Å². The summed E-state index contributed by atoms with van der Waals surface area (Å²) in [5, 5.41) is 9.13. The Bertz CT molecular complexity index is 620. The van der Waals surface area contributed by atoms with Gasteiger partial charge in [0.05, 0.1) is 5.56 Å². The Morgan fingerprint density at radius 2 is 1.81 bits per heavy atom. The van der Waals surface area contributed by atoms with Crippen LogP contribution in [0.2, 0.25) is 0 Å². The zero-order valence-electron chi connectivity index (χ0n) is 12.7. The maximum absolute atomic E-state index is 11.1. The van der Waals surface area contributed by atoms with E-state index >= 15 is 0 Å². The van der Waals surface area contributed by atoms with Crippen molar-refractivity contribution < 1.29 is 9.90 Å². The van der Waals surface area contributed by atoms with Gasteiger partial charge >= 0.3 is 5.97 Å². The molecule has 0 aromatic heterocycles. The molecule has 0 saturated heterocycles. The second-order valence-electron chi connectivity index (χ2n) is 5.51. The third-order valence-electron chi connectivity index (χ3n) is 3.59. The van der Waals surface area contributed by atoms with Gasteiger partial charge in [-0.25, -0.2) is 4.79 Å². The van der Waals surface area contributed by atoms with Crippen LogP contribution in [0.4, 0.5) is 5.69 Å². The molecule has 2 aromatic rings. The quantitative estimate of drug-likeness (QED) is 0.897. The van der Waals surface area contributed by atoms with Crippen molar-refractivity contribution in [3.05, 3.63) is 65.2 Å². The molecule has 0 unspecified atom stereocenters. The van der Waals surface area contributed by atoms with Gasteiger partial charge in [-0.3, -0.25) is 0 Å². The molecule has 0 aliphatic heterocycles. The molecule has 1 N–H and O–H groups in total. The van der Waals surface area contributed by atoms with E-state index in [0.717, 1.165) is 17.8 Å². The summed E-state index contributed by atoms with van der Waals surface area (Å²) < 4.78 is 0. The van der Waals surface area contributed by atoms with Crippen LogP contribution < -0.4 is 4.90 Å². The monoisotopic (exact) mass is 283 g/mol. The van der Waals surface area contributed by atoms with Crippen molar-refractivity contribution >= 4 is 11.7 Å². The fourth-order valence-corrected chi connectivity index (χ4v) is 2.42. The number of hydrogen-bond donors (Lipinski definition) is 1. The van der Waals surface area contributed by atoms with Crippen molar-refractivity contribution in [3.63, 3.8) is 0 Å². The van der Waals surface area contributed by atoms with E-state index in [9.17, 15) is 4.79 Å². The van der Waals surface area contributed by atoms with Crippen LogP contribution in [-0.4, -0.2) is 17.1 Å². The molecular formula is C18H21NO2. The van der Waals surface area contributed by atoms with Crippen LogP contribution >= 0.6 is 0 Å². The number of benzene rings is 2. The average Bonchev–Trinajstić information content (AvgIpc) is 2.45. The second-order valence-corrected chi connectivity index (χ2v) is 5.51. The standard InChI is InChI=1S/C18H21NO2/c1-13(2)19(12-15-7-5-4-6-8-15)16-9-10-17(18(20)21)14(3)11-16/h4-11,13H,12H2,1-3H3,(H,20,21). The maximum Gasteiger partial charge on any atom is 0.335 e. The van der Waals surface area contributed by atoms with Crippen molar-refractivity contribution in [2.45, 2.75) is 33.4 Å². The zero-order valence-corrected chi connectivity index (χ0v) is 12.7. The molecule has 3 heteroatoms. The van der Waals surface area contributed by atoms with Crippen LogP contribution in [0.1, 0.15) is 35.3 Å². The van der Waals surface area contributed by atoms with Crippen molar-refractivity contribution in [2.24, 2.45) is 0 Å². The third-order valence-corrected chi connectivity index (χ3v) is 3.59. The first-order chi connectivity index (χ1) is 9.99. The topological polar surface area (TPSA) is 40.5 Å². The highest BCUT2D eigenvalue weighted by atomic mass is 16.4. The molecule has 110 valence electrons. The lowest BCUT2D eigenvalue weighted by molar-refractivity contribution is 0.0696. The van der Waals surface area contributed by atoms with E-state index in [4.69, 9.17) is 5.11 Å². The fourth-order valence-electron chi connectivity index (χ4n) is 2.42. The summed E-state index contributed by atoms with van der Waals surface area (Å²) in [7, 11) is 0. The van der Waals surface area contributed by atoms with E-state index in [1.165, 1.54) is 5.56 Å². The number of aromatic carboxylic acids is 1. The van der Waals surface area contributed by atoms with Gasteiger partial charge in [0.15, 0.2) is 0 Å². The fraction of sp³-hybridized carbons (Fsp3) is 0.278. The van der Waals surface area contributed by atoms with Gasteiger partial charge in [-0.1, -0.05) is 30.3 Å². The van der Waals surface area contributed by atoms with Crippen LogP contribution in [0.15, 0.2) is 48.5 Å². The Kier molecular flexibility index (Phi) is 4.63. The summed E-state index contributed by atoms with van der Waals surface area (Å²) in [6.45, 7) is 6.94. The van der Waals surface area contributed by atoms with E-state index in [2.05, 4.69) is 30.9 Å². The van der Waals surface area contributed by atoms with E-state index in [1.807, 2.05) is 37.3 Å². The number of hydrogen-bond acceptors (Lipinski definition) is 2. The summed E-state index contributed by atoms with van der Waals surface area (Å²) in [5.74, 6) is -0.877. The number of aryl methyl sites for hydroxylation is 1. The Morgan fingerprint density at radius 3 is 2.33 bits per heavy atom. The first kappa shape index (κ1) is 15.1. The first-order valence-corrected chi connectivity index (χ1v) is 7.13. The molecule has 0 aliphatic carbocycles. The second kappa shape index (κ2) is 6.44. The molecule has 0 amide bonds.